The van der Waals surface area contributed by atoms with Gasteiger partial charge in [0.25, 0.3) is 0 Å². The summed E-state index contributed by atoms with van der Waals surface area (Å²) in [5.74, 6) is 1.29. The Morgan fingerprint density at radius 3 is 1.94 bits per heavy atom. The highest BCUT2D eigenvalue weighted by molar-refractivity contribution is 7.26. The van der Waals surface area contributed by atoms with Gasteiger partial charge in [0.15, 0.2) is 11.6 Å². The summed E-state index contributed by atoms with van der Waals surface area (Å²) in [6.07, 6.45) is 1.61. The zero-order valence-electron chi connectivity index (χ0n) is 26.9. The number of aromatic nitrogens is 4. The summed E-state index contributed by atoms with van der Waals surface area (Å²) < 4.78 is 5.00. The van der Waals surface area contributed by atoms with Gasteiger partial charge in [0.05, 0.1) is 11.0 Å². The lowest BCUT2D eigenvalue weighted by Crippen LogP contribution is -1.98. The van der Waals surface area contributed by atoms with Gasteiger partial charge >= 0.3 is 0 Å². The summed E-state index contributed by atoms with van der Waals surface area (Å²) in [7, 11) is 0. The Balaban J connectivity index is 1.06. The van der Waals surface area contributed by atoms with Gasteiger partial charge in [-0.15, -0.1) is 11.3 Å². The van der Waals surface area contributed by atoms with Crippen molar-refractivity contribution < 1.29 is 0 Å². The van der Waals surface area contributed by atoms with E-state index in [1.54, 1.807) is 6.33 Å². The molecule has 0 radical (unpaired) electrons. The van der Waals surface area contributed by atoms with Gasteiger partial charge in [-0.3, -0.25) is 0 Å². The molecule has 234 valence electrons. The highest BCUT2D eigenvalue weighted by Crippen LogP contribution is 2.42. The van der Waals surface area contributed by atoms with Crippen molar-refractivity contribution in [2.75, 3.05) is 0 Å². The third kappa shape index (κ3) is 4.71. The van der Waals surface area contributed by atoms with Crippen LogP contribution in [-0.2, 0) is 0 Å². The van der Waals surface area contributed by atoms with E-state index in [0.717, 1.165) is 33.4 Å². The standard InChI is InChI=1S/C45H28N4S/c1-2-10-29(11-3-1)30-20-22-31(23-21-30)44-46-28-47-45(48-44)33-12-8-13-34(26-33)49-40-18-6-4-14-36(40)39-27-32(24-25-41(39)49)35-16-9-17-38-37-15-5-7-19-42(37)50-43(35)38/h1-28H. The Bertz CT molecular complexity index is 2870. The number of nitrogens with zero attached hydrogens (tertiary/aromatic N) is 4. The maximum Gasteiger partial charge on any atom is 0.163 e. The molecule has 10 aromatic rings. The summed E-state index contributed by atoms with van der Waals surface area (Å²) in [5, 5.41) is 5.08. The zero-order chi connectivity index (χ0) is 33.0. The number of hydrogen-bond acceptors (Lipinski definition) is 4. The van der Waals surface area contributed by atoms with Gasteiger partial charge in [-0.25, -0.2) is 15.0 Å². The molecule has 0 N–H and O–H groups in total. The van der Waals surface area contributed by atoms with Gasteiger partial charge in [0, 0.05) is 47.8 Å². The molecular formula is C45H28N4S. The summed E-state index contributed by atoms with van der Waals surface area (Å²) in [5.41, 5.74) is 10.1. The lowest BCUT2D eigenvalue weighted by atomic mass is 10.0. The monoisotopic (exact) mass is 656 g/mol. The molecule has 0 aliphatic carbocycles. The van der Waals surface area contributed by atoms with Crippen molar-refractivity contribution in [3.05, 3.63) is 170 Å². The number of thiophene rings is 1. The fraction of sp³-hybridized carbons (Fsp3) is 0. The molecule has 3 heterocycles. The molecule has 3 aromatic heterocycles. The Labute approximate surface area is 292 Å². The molecule has 0 atom stereocenters. The van der Waals surface area contributed by atoms with E-state index in [1.165, 1.54) is 47.6 Å². The van der Waals surface area contributed by atoms with Crippen LogP contribution in [0.25, 0.3) is 92.7 Å². The maximum atomic E-state index is 4.92. The molecule has 0 saturated carbocycles. The average molecular weight is 657 g/mol. The molecule has 0 aliphatic rings. The van der Waals surface area contributed by atoms with Gasteiger partial charge in [0.1, 0.15) is 6.33 Å². The number of hydrogen-bond donors (Lipinski definition) is 0. The number of para-hydroxylation sites is 1. The van der Waals surface area contributed by atoms with Gasteiger partial charge in [-0.1, -0.05) is 127 Å². The van der Waals surface area contributed by atoms with Crippen LogP contribution in [-0.4, -0.2) is 19.5 Å². The molecule has 0 unspecified atom stereocenters. The number of rotatable bonds is 5. The molecule has 0 spiro atoms. The lowest BCUT2D eigenvalue weighted by molar-refractivity contribution is 1.06. The molecule has 0 fully saturated rings. The second-order valence-electron chi connectivity index (χ2n) is 12.5. The van der Waals surface area contributed by atoms with Crippen LogP contribution >= 0.6 is 11.3 Å². The van der Waals surface area contributed by atoms with E-state index in [9.17, 15) is 0 Å². The first-order chi connectivity index (χ1) is 24.8. The summed E-state index contributed by atoms with van der Waals surface area (Å²) in [4.78, 5) is 14.0. The molecule has 0 saturated heterocycles. The smallest absolute Gasteiger partial charge is 0.163 e. The third-order valence-electron chi connectivity index (χ3n) is 9.57. The fourth-order valence-electron chi connectivity index (χ4n) is 7.19. The van der Waals surface area contributed by atoms with E-state index < -0.39 is 0 Å². The van der Waals surface area contributed by atoms with Crippen molar-refractivity contribution >= 4 is 53.3 Å². The minimum Gasteiger partial charge on any atom is -0.309 e. The molecule has 4 nitrogen and oxygen atoms in total. The first-order valence-corrected chi connectivity index (χ1v) is 17.5. The first kappa shape index (κ1) is 28.6. The summed E-state index contributed by atoms with van der Waals surface area (Å²) in [6, 6.07) is 58.2. The van der Waals surface area contributed by atoms with Crippen molar-refractivity contribution in [2.24, 2.45) is 0 Å². The number of benzene rings is 7. The van der Waals surface area contributed by atoms with Crippen LogP contribution in [0.3, 0.4) is 0 Å². The topological polar surface area (TPSA) is 43.6 Å². The van der Waals surface area contributed by atoms with Crippen molar-refractivity contribution in [1.82, 2.24) is 19.5 Å². The SMILES string of the molecule is c1ccc(-c2ccc(-c3ncnc(-c4cccc(-n5c6ccccc6c6cc(-c7cccc8c7sc7ccccc78)ccc65)c4)n3)cc2)cc1. The zero-order valence-corrected chi connectivity index (χ0v) is 27.7. The van der Waals surface area contributed by atoms with Gasteiger partial charge in [0.2, 0.25) is 0 Å². The maximum absolute atomic E-state index is 4.92. The molecule has 5 heteroatoms. The quantitative estimate of drug-likeness (QED) is 0.185. The fourth-order valence-corrected chi connectivity index (χ4v) is 8.43. The van der Waals surface area contributed by atoms with Crippen LogP contribution < -0.4 is 0 Å². The van der Waals surface area contributed by atoms with Crippen molar-refractivity contribution in [1.29, 1.82) is 0 Å². The largest absolute Gasteiger partial charge is 0.309 e. The van der Waals surface area contributed by atoms with E-state index in [-0.39, 0.29) is 0 Å². The predicted molar refractivity (Wildman–Crippen MR) is 209 cm³/mol. The molecule has 50 heavy (non-hydrogen) atoms. The molecule has 7 aromatic carbocycles. The van der Waals surface area contributed by atoms with E-state index >= 15 is 0 Å². The van der Waals surface area contributed by atoms with E-state index in [0.29, 0.717) is 11.6 Å². The minimum absolute atomic E-state index is 0.642. The van der Waals surface area contributed by atoms with Crippen LogP contribution in [0, 0.1) is 0 Å². The lowest BCUT2D eigenvalue weighted by Gasteiger charge is -2.11. The molecule has 0 aliphatic heterocycles. The van der Waals surface area contributed by atoms with Crippen LogP contribution in [0.4, 0.5) is 0 Å². The minimum atomic E-state index is 0.642. The Kier molecular flexibility index (Phi) is 6.64. The van der Waals surface area contributed by atoms with Gasteiger partial charge in [-0.05, 0) is 58.7 Å². The Hall–Kier alpha value is -6.43. The first-order valence-electron chi connectivity index (χ1n) is 16.7. The second-order valence-corrected chi connectivity index (χ2v) is 13.5. The Morgan fingerprint density at radius 2 is 1.06 bits per heavy atom. The van der Waals surface area contributed by atoms with Crippen LogP contribution in [0.5, 0.6) is 0 Å². The Morgan fingerprint density at radius 1 is 0.420 bits per heavy atom. The molecular weight excluding hydrogens is 629 g/mol. The van der Waals surface area contributed by atoms with Crippen LogP contribution in [0.1, 0.15) is 0 Å². The van der Waals surface area contributed by atoms with Crippen LogP contribution in [0.2, 0.25) is 0 Å². The van der Waals surface area contributed by atoms with E-state index in [1.807, 2.05) is 17.4 Å². The summed E-state index contributed by atoms with van der Waals surface area (Å²) in [6.45, 7) is 0. The van der Waals surface area contributed by atoms with Crippen molar-refractivity contribution in [2.45, 2.75) is 0 Å². The normalized spacial score (nSPS) is 11.6. The third-order valence-corrected chi connectivity index (χ3v) is 10.8. The predicted octanol–water partition coefficient (Wildman–Crippen LogP) is 12.0. The highest BCUT2D eigenvalue weighted by Gasteiger charge is 2.16. The van der Waals surface area contributed by atoms with Crippen LogP contribution in [0.15, 0.2) is 170 Å². The second kappa shape index (κ2) is 11.6. The summed E-state index contributed by atoms with van der Waals surface area (Å²) >= 11 is 1.87. The molecule has 0 amide bonds. The molecule has 10 rings (SSSR count). The van der Waals surface area contributed by atoms with E-state index in [2.05, 4.69) is 172 Å². The number of fused-ring (bicyclic) bond motifs is 6. The highest BCUT2D eigenvalue weighted by atomic mass is 32.1. The van der Waals surface area contributed by atoms with E-state index in [4.69, 9.17) is 4.98 Å². The van der Waals surface area contributed by atoms with Gasteiger partial charge in [-0.2, -0.15) is 0 Å². The molecule has 0 bridgehead atoms. The van der Waals surface area contributed by atoms with Crippen molar-refractivity contribution in [3.63, 3.8) is 0 Å². The van der Waals surface area contributed by atoms with Crippen molar-refractivity contribution in [3.8, 4) is 50.7 Å². The van der Waals surface area contributed by atoms with Gasteiger partial charge < -0.3 is 4.57 Å². The average Bonchev–Trinajstić information content (AvgIpc) is 3.74.